The molecule has 30 heavy (non-hydrogen) atoms. The fraction of sp³-hybridized carbons (Fsp3) is 0.400. The molecule has 1 aromatic carbocycles. The summed E-state index contributed by atoms with van der Waals surface area (Å²) in [4.78, 5) is 17.4. The molecule has 0 spiro atoms. The van der Waals surface area contributed by atoms with E-state index in [9.17, 15) is 18.8 Å². The molecular formula is C20H21F2N5O3. The molecule has 10 heteroatoms. The SMILES string of the molecule is CC(C)OC(=O)C1C(COCCN)=Nc2c(C#N)cnn2C1c1cccc(F)c1F. The van der Waals surface area contributed by atoms with Crippen LogP contribution in [0.3, 0.4) is 0 Å². The van der Waals surface area contributed by atoms with Gasteiger partial charge < -0.3 is 15.2 Å². The highest BCUT2D eigenvalue weighted by Crippen LogP contribution is 2.39. The number of carbonyl (C=O) groups is 1. The largest absolute Gasteiger partial charge is 0.462 e. The van der Waals surface area contributed by atoms with Gasteiger partial charge in [0.05, 0.1) is 31.2 Å². The van der Waals surface area contributed by atoms with Gasteiger partial charge in [-0.15, -0.1) is 0 Å². The highest BCUT2D eigenvalue weighted by atomic mass is 19.2. The van der Waals surface area contributed by atoms with Crippen molar-refractivity contribution in [1.29, 1.82) is 5.26 Å². The second-order valence-corrected chi connectivity index (χ2v) is 6.93. The fourth-order valence-electron chi connectivity index (χ4n) is 3.29. The van der Waals surface area contributed by atoms with Crippen molar-refractivity contribution in [2.24, 2.45) is 16.6 Å². The molecule has 2 N–H and O–H groups in total. The van der Waals surface area contributed by atoms with E-state index in [0.717, 1.165) is 6.07 Å². The normalized spacial score (nSPS) is 18.0. The average molecular weight is 417 g/mol. The van der Waals surface area contributed by atoms with Crippen LogP contribution in [0.15, 0.2) is 29.4 Å². The number of rotatable bonds is 7. The number of carbonyl (C=O) groups excluding carboxylic acids is 1. The summed E-state index contributed by atoms with van der Waals surface area (Å²) < 4.78 is 40.9. The third-order valence-electron chi connectivity index (χ3n) is 4.50. The molecule has 2 heterocycles. The topological polar surface area (TPSA) is 116 Å². The van der Waals surface area contributed by atoms with Gasteiger partial charge in [0, 0.05) is 12.1 Å². The standard InChI is InChI=1S/C20H21F2N5O3/c1-11(2)30-20(28)16-15(10-29-7-6-23)26-19-12(8-24)9-25-27(19)18(16)13-4-3-5-14(21)17(13)22/h3-5,9,11,16,18H,6-7,10,23H2,1-2H3. The monoisotopic (exact) mass is 417 g/mol. The maximum Gasteiger partial charge on any atom is 0.317 e. The summed E-state index contributed by atoms with van der Waals surface area (Å²) in [5, 5.41) is 13.5. The molecule has 0 fully saturated rings. The van der Waals surface area contributed by atoms with E-state index >= 15 is 0 Å². The van der Waals surface area contributed by atoms with E-state index < -0.39 is 35.7 Å². The minimum atomic E-state index is -1.14. The predicted octanol–water partition coefficient (Wildman–Crippen LogP) is 2.25. The number of ether oxygens (including phenoxy) is 2. The van der Waals surface area contributed by atoms with Crippen LogP contribution in [-0.4, -0.2) is 47.3 Å². The van der Waals surface area contributed by atoms with Gasteiger partial charge in [-0.2, -0.15) is 10.4 Å². The minimum absolute atomic E-state index is 0.0987. The Kier molecular flexibility index (Phi) is 6.54. The molecule has 0 bridgehead atoms. The molecular weight excluding hydrogens is 396 g/mol. The van der Waals surface area contributed by atoms with Gasteiger partial charge in [-0.25, -0.2) is 18.5 Å². The number of esters is 1. The van der Waals surface area contributed by atoms with Gasteiger partial charge in [0.15, 0.2) is 17.5 Å². The van der Waals surface area contributed by atoms with Gasteiger partial charge in [-0.3, -0.25) is 4.79 Å². The summed E-state index contributed by atoms with van der Waals surface area (Å²) in [5.41, 5.74) is 5.69. The second kappa shape index (κ2) is 9.11. The highest BCUT2D eigenvalue weighted by Gasteiger charge is 2.43. The highest BCUT2D eigenvalue weighted by molar-refractivity contribution is 6.05. The van der Waals surface area contributed by atoms with Crippen LogP contribution in [0, 0.1) is 28.9 Å². The van der Waals surface area contributed by atoms with Gasteiger partial charge in [-0.1, -0.05) is 12.1 Å². The lowest BCUT2D eigenvalue weighted by Crippen LogP contribution is -2.41. The molecule has 2 atom stereocenters. The Morgan fingerprint density at radius 2 is 2.17 bits per heavy atom. The van der Waals surface area contributed by atoms with E-state index in [0.29, 0.717) is 0 Å². The van der Waals surface area contributed by atoms with Crippen molar-refractivity contribution >= 4 is 17.5 Å². The summed E-state index contributed by atoms with van der Waals surface area (Å²) >= 11 is 0. The number of benzene rings is 1. The lowest BCUT2D eigenvalue weighted by Gasteiger charge is -2.32. The van der Waals surface area contributed by atoms with Gasteiger partial charge in [0.1, 0.15) is 23.6 Å². The van der Waals surface area contributed by atoms with Crippen molar-refractivity contribution in [1.82, 2.24) is 9.78 Å². The molecule has 2 aromatic rings. The minimum Gasteiger partial charge on any atom is -0.462 e. The van der Waals surface area contributed by atoms with E-state index in [2.05, 4.69) is 10.1 Å². The molecule has 0 aliphatic carbocycles. The van der Waals surface area contributed by atoms with Crippen LogP contribution in [-0.2, 0) is 14.3 Å². The Bertz CT molecular complexity index is 1010. The molecule has 0 saturated heterocycles. The Morgan fingerprint density at radius 3 is 2.83 bits per heavy atom. The lowest BCUT2D eigenvalue weighted by molar-refractivity contribution is -0.151. The summed E-state index contributed by atoms with van der Waals surface area (Å²) in [7, 11) is 0. The number of halogens is 2. The Morgan fingerprint density at radius 1 is 1.40 bits per heavy atom. The maximum atomic E-state index is 14.8. The molecule has 1 aliphatic heterocycles. The zero-order valence-electron chi connectivity index (χ0n) is 16.5. The third-order valence-corrected chi connectivity index (χ3v) is 4.50. The zero-order chi connectivity index (χ0) is 21.8. The molecule has 1 aliphatic rings. The first-order chi connectivity index (χ1) is 14.4. The molecule has 0 amide bonds. The van der Waals surface area contributed by atoms with E-state index in [1.165, 1.54) is 23.0 Å². The van der Waals surface area contributed by atoms with Crippen LogP contribution in [0.1, 0.15) is 31.0 Å². The molecule has 8 nitrogen and oxygen atoms in total. The summed E-state index contributed by atoms with van der Waals surface area (Å²) in [6.45, 7) is 3.70. The predicted molar refractivity (Wildman–Crippen MR) is 103 cm³/mol. The van der Waals surface area contributed by atoms with Crippen LogP contribution in [0.2, 0.25) is 0 Å². The number of aliphatic imine (C=N–C) groups is 1. The summed E-state index contributed by atoms with van der Waals surface area (Å²) in [6.07, 6.45) is 0.813. The van der Waals surface area contributed by atoms with Crippen LogP contribution in [0.5, 0.6) is 0 Å². The first-order valence-corrected chi connectivity index (χ1v) is 9.36. The summed E-state index contributed by atoms with van der Waals surface area (Å²) in [5.74, 6) is -3.88. The van der Waals surface area contributed by atoms with Crippen molar-refractivity contribution in [3.63, 3.8) is 0 Å². The molecule has 0 saturated carbocycles. The smallest absolute Gasteiger partial charge is 0.317 e. The Hall–Kier alpha value is -3.16. The Balaban J connectivity index is 2.20. The molecule has 158 valence electrons. The van der Waals surface area contributed by atoms with Crippen LogP contribution >= 0.6 is 0 Å². The van der Waals surface area contributed by atoms with Crippen molar-refractivity contribution in [3.8, 4) is 6.07 Å². The Labute approximate surface area is 171 Å². The lowest BCUT2D eigenvalue weighted by atomic mass is 9.87. The first kappa shape index (κ1) is 21.5. The molecule has 3 rings (SSSR count). The number of hydrogen-bond acceptors (Lipinski definition) is 7. The van der Waals surface area contributed by atoms with E-state index in [1.54, 1.807) is 13.8 Å². The molecule has 1 aromatic heterocycles. The van der Waals surface area contributed by atoms with Crippen molar-refractivity contribution in [2.45, 2.75) is 26.0 Å². The van der Waals surface area contributed by atoms with E-state index in [-0.39, 0.29) is 42.4 Å². The summed E-state index contributed by atoms with van der Waals surface area (Å²) in [6, 6.07) is 4.53. The van der Waals surface area contributed by atoms with Crippen LogP contribution in [0.25, 0.3) is 0 Å². The number of nitriles is 1. The maximum absolute atomic E-state index is 14.8. The number of hydrogen-bond donors (Lipinski definition) is 1. The average Bonchev–Trinajstić information content (AvgIpc) is 3.11. The van der Waals surface area contributed by atoms with Crippen LogP contribution < -0.4 is 5.73 Å². The van der Waals surface area contributed by atoms with Crippen molar-refractivity contribution in [2.75, 3.05) is 19.8 Å². The molecule has 2 unspecified atom stereocenters. The quantitative estimate of drug-likeness (QED) is 0.546. The number of aromatic nitrogens is 2. The van der Waals surface area contributed by atoms with Gasteiger partial charge in [0.25, 0.3) is 0 Å². The first-order valence-electron chi connectivity index (χ1n) is 9.36. The van der Waals surface area contributed by atoms with Crippen LogP contribution in [0.4, 0.5) is 14.6 Å². The van der Waals surface area contributed by atoms with E-state index in [1.807, 2.05) is 6.07 Å². The van der Waals surface area contributed by atoms with E-state index in [4.69, 9.17) is 15.2 Å². The van der Waals surface area contributed by atoms with Crippen molar-refractivity contribution < 1.29 is 23.0 Å². The molecule has 0 radical (unpaired) electrons. The van der Waals surface area contributed by atoms with Gasteiger partial charge >= 0.3 is 5.97 Å². The second-order valence-electron chi connectivity index (χ2n) is 6.93. The number of nitrogens with two attached hydrogens (primary N) is 1. The fourth-order valence-corrected chi connectivity index (χ4v) is 3.29. The zero-order valence-corrected chi connectivity index (χ0v) is 16.5. The van der Waals surface area contributed by atoms with Crippen molar-refractivity contribution in [3.05, 3.63) is 47.2 Å². The third kappa shape index (κ3) is 4.08. The van der Waals surface area contributed by atoms with Gasteiger partial charge in [-0.05, 0) is 19.9 Å². The number of fused-ring (bicyclic) bond motifs is 1. The number of nitrogens with zero attached hydrogens (tertiary/aromatic N) is 4. The van der Waals surface area contributed by atoms with Gasteiger partial charge in [0.2, 0.25) is 0 Å².